The lowest BCUT2D eigenvalue weighted by molar-refractivity contribution is -0.127. The van der Waals surface area contributed by atoms with Crippen molar-refractivity contribution in [3.8, 4) is 0 Å². The molecule has 9 heteroatoms. The summed E-state index contributed by atoms with van der Waals surface area (Å²) in [5.74, 6) is -2.46. The van der Waals surface area contributed by atoms with Gasteiger partial charge in [-0.3, -0.25) is 19.7 Å². The summed E-state index contributed by atoms with van der Waals surface area (Å²) in [6.45, 7) is 1.32. The molecule has 1 aliphatic rings. The molecule has 148 valence electrons. The maximum Gasteiger partial charge on any atom is 0.338 e. The van der Waals surface area contributed by atoms with Crippen LogP contribution >= 0.6 is 0 Å². The Labute approximate surface area is 165 Å². The highest BCUT2D eigenvalue weighted by Crippen LogP contribution is 2.28. The van der Waals surface area contributed by atoms with E-state index in [1.54, 1.807) is 24.3 Å². The first-order valence-electron chi connectivity index (χ1n) is 8.65. The van der Waals surface area contributed by atoms with Crippen LogP contribution in [0.5, 0.6) is 0 Å². The molecule has 0 spiro atoms. The van der Waals surface area contributed by atoms with Crippen molar-refractivity contribution in [1.29, 1.82) is 0 Å². The fraction of sp³-hybridized carbons (Fsp3) is 0.150. The SMILES string of the molecule is CNC(=O)NC(=O)C(C)OC(=O)c1ccc(N2C(=O)c3ccccc3C2=O)cc1. The average Bonchev–Trinajstić information content (AvgIpc) is 2.98. The van der Waals surface area contributed by atoms with Crippen LogP contribution in [0.4, 0.5) is 10.5 Å². The molecule has 0 aromatic heterocycles. The van der Waals surface area contributed by atoms with Crippen LogP contribution in [0.15, 0.2) is 48.5 Å². The maximum atomic E-state index is 12.5. The lowest BCUT2D eigenvalue weighted by Gasteiger charge is -2.15. The van der Waals surface area contributed by atoms with Crippen molar-refractivity contribution in [2.45, 2.75) is 13.0 Å². The third kappa shape index (κ3) is 3.84. The summed E-state index contributed by atoms with van der Waals surface area (Å²) in [7, 11) is 1.34. The lowest BCUT2D eigenvalue weighted by atomic mass is 10.1. The minimum absolute atomic E-state index is 0.116. The molecular formula is C20H17N3O6. The van der Waals surface area contributed by atoms with Crippen LogP contribution < -0.4 is 15.5 Å². The Morgan fingerprint density at radius 2 is 1.48 bits per heavy atom. The van der Waals surface area contributed by atoms with Crippen molar-refractivity contribution in [3.05, 3.63) is 65.2 Å². The Balaban J connectivity index is 1.70. The average molecular weight is 395 g/mol. The van der Waals surface area contributed by atoms with Crippen molar-refractivity contribution in [1.82, 2.24) is 10.6 Å². The Bertz CT molecular complexity index is 980. The highest BCUT2D eigenvalue weighted by Gasteiger charge is 2.36. The summed E-state index contributed by atoms with van der Waals surface area (Å²) in [5.41, 5.74) is 1.05. The summed E-state index contributed by atoms with van der Waals surface area (Å²) in [6, 6.07) is 11.4. The van der Waals surface area contributed by atoms with Gasteiger partial charge in [0.2, 0.25) is 0 Å². The molecule has 1 aliphatic heterocycles. The molecule has 0 bridgehead atoms. The quantitative estimate of drug-likeness (QED) is 0.597. The number of hydrogen-bond acceptors (Lipinski definition) is 6. The Morgan fingerprint density at radius 1 is 0.931 bits per heavy atom. The zero-order valence-corrected chi connectivity index (χ0v) is 15.6. The predicted molar refractivity (Wildman–Crippen MR) is 101 cm³/mol. The second-order valence-corrected chi connectivity index (χ2v) is 6.15. The molecule has 0 aliphatic carbocycles. The maximum absolute atomic E-state index is 12.5. The highest BCUT2D eigenvalue weighted by atomic mass is 16.5. The van der Waals surface area contributed by atoms with Gasteiger partial charge >= 0.3 is 12.0 Å². The van der Waals surface area contributed by atoms with Crippen LogP contribution in [0, 0.1) is 0 Å². The van der Waals surface area contributed by atoms with Gasteiger partial charge in [0.05, 0.1) is 22.4 Å². The topological polar surface area (TPSA) is 122 Å². The van der Waals surface area contributed by atoms with Crippen molar-refractivity contribution < 1.29 is 28.7 Å². The van der Waals surface area contributed by atoms with Gasteiger partial charge in [-0.05, 0) is 43.3 Å². The molecule has 2 aromatic rings. The summed E-state index contributed by atoms with van der Waals surface area (Å²) in [6.07, 6.45) is -1.20. The summed E-state index contributed by atoms with van der Waals surface area (Å²) in [4.78, 5) is 61.1. The standard InChI is InChI=1S/C20H17N3O6/c1-11(16(24)22-20(28)21-2)29-19(27)12-7-9-13(10-8-12)23-17(25)14-5-3-4-6-15(14)18(23)26/h3-11H,1-2H3,(H2,21,22,24,28). The Kier molecular flexibility index (Phi) is 5.40. The molecule has 1 atom stereocenters. The number of carbonyl (C=O) groups is 5. The largest absolute Gasteiger partial charge is 0.449 e. The van der Waals surface area contributed by atoms with Crippen molar-refractivity contribution >= 4 is 35.4 Å². The molecule has 1 heterocycles. The third-order valence-corrected chi connectivity index (χ3v) is 4.27. The van der Waals surface area contributed by atoms with Crippen molar-refractivity contribution in [3.63, 3.8) is 0 Å². The number of carbonyl (C=O) groups excluding carboxylic acids is 5. The van der Waals surface area contributed by atoms with E-state index < -0.39 is 35.8 Å². The number of urea groups is 1. The van der Waals surface area contributed by atoms with Gasteiger partial charge in [-0.25, -0.2) is 14.5 Å². The number of imide groups is 2. The third-order valence-electron chi connectivity index (χ3n) is 4.27. The number of hydrogen-bond donors (Lipinski definition) is 2. The molecule has 0 fully saturated rings. The minimum atomic E-state index is -1.20. The monoisotopic (exact) mass is 395 g/mol. The molecule has 1 unspecified atom stereocenters. The van der Waals surface area contributed by atoms with E-state index in [4.69, 9.17) is 4.74 Å². The van der Waals surface area contributed by atoms with Gasteiger partial charge in [-0.1, -0.05) is 12.1 Å². The van der Waals surface area contributed by atoms with E-state index in [0.29, 0.717) is 16.8 Å². The van der Waals surface area contributed by atoms with Gasteiger partial charge in [-0.15, -0.1) is 0 Å². The zero-order chi connectivity index (χ0) is 21.1. The number of anilines is 1. The lowest BCUT2D eigenvalue weighted by Crippen LogP contribution is -2.43. The summed E-state index contributed by atoms with van der Waals surface area (Å²) in [5, 5.41) is 4.21. The Morgan fingerprint density at radius 3 is 2.00 bits per heavy atom. The van der Waals surface area contributed by atoms with Gasteiger partial charge in [0.15, 0.2) is 6.10 Å². The van der Waals surface area contributed by atoms with Crippen molar-refractivity contribution in [2.24, 2.45) is 0 Å². The number of esters is 1. The number of ether oxygens (including phenoxy) is 1. The highest BCUT2D eigenvalue weighted by molar-refractivity contribution is 6.34. The Hall–Kier alpha value is -4.01. The molecule has 2 aromatic carbocycles. The van der Waals surface area contributed by atoms with Crippen LogP contribution in [0.25, 0.3) is 0 Å². The van der Waals surface area contributed by atoms with E-state index in [2.05, 4.69) is 5.32 Å². The number of amides is 5. The van der Waals surface area contributed by atoms with E-state index in [9.17, 15) is 24.0 Å². The van der Waals surface area contributed by atoms with E-state index in [1.165, 1.54) is 38.2 Å². The molecular weight excluding hydrogens is 378 g/mol. The first-order chi connectivity index (χ1) is 13.8. The summed E-state index contributed by atoms with van der Waals surface area (Å²) < 4.78 is 5.02. The molecule has 0 saturated heterocycles. The van der Waals surface area contributed by atoms with Gasteiger partial charge in [-0.2, -0.15) is 0 Å². The van der Waals surface area contributed by atoms with E-state index in [0.717, 1.165) is 4.90 Å². The molecule has 29 heavy (non-hydrogen) atoms. The first kappa shape index (κ1) is 19.7. The normalized spacial score (nSPS) is 13.5. The molecule has 0 radical (unpaired) electrons. The first-order valence-corrected chi connectivity index (χ1v) is 8.65. The van der Waals surface area contributed by atoms with Gasteiger partial charge in [0, 0.05) is 7.05 Å². The zero-order valence-electron chi connectivity index (χ0n) is 15.6. The fourth-order valence-corrected chi connectivity index (χ4v) is 2.73. The minimum Gasteiger partial charge on any atom is -0.449 e. The number of benzene rings is 2. The van der Waals surface area contributed by atoms with Gasteiger partial charge in [0.1, 0.15) is 0 Å². The van der Waals surface area contributed by atoms with Gasteiger partial charge < -0.3 is 10.1 Å². The van der Waals surface area contributed by atoms with E-state index >= 15 is 0 Å². The van der Waals surface area contributed by atoms with E-state index in [1.807, 2.05) is 5.32 Å². The molecule has 3 rings (SSSR count). The van der Waals surface area contributed by atoms with Crippen LogP contribution in [-0.4, -0.2) is 42.9 Å². The van der Waals surface area contributed by atoms with Crippen molar-refractivity contribution in [2.75, 3.05) is 11.9 Å². The second kappa shape index (κ2) is 7.93. The molecule has 9 nitrogen and oxygen atoms in total. The van der Waals surface area contributed by atoms with Crippen LogP contribution in [0.3, 0.4) is 0 Å². The molecule has 2 N–H and O–H groups in total. The fourth-order valence-electron chi connectivity index (χ4n) is 2.73. The second-order valence-electron chi connectivity index (χ2n) is 6.15. The smallest absolute Gasteiger partial charge is 0.338 e. The number of nitrogens with zero attached hydrogens (tertiary/aromatic N) is 1. The number of nitrogens with one attached hydrogen (secondary N) is 2. The van der Waals surface area contributed by atoms with E-state index in [-0.39, 0.29) is 5.56 Å². The number of fused-ring (bicyclic) bond motifs is 1. The predicted octanol–water partition coefficient (Wildman–Crippen LogP) is 1.49. The van der Waals surface area contributed by atoms with Crippen LogP contribution in [0.1, 0.15) is 38.0 Å². The number of rotatable bonds is 4. The van der Waals surface area contributed by atoms with Crippen LogP contribution in [-0.2, 0) is 9.53 Å². The van der Waals surface area contributed by atoms with Gasteiger partial charge in [0.25, 0.3) is 17.7 Å². The summed E-state index contributed by atoms with van der Waals surface area (Å²) >= 11 is 0. The molecule has 5 amide bonds. The molecule has 0 saturated carbocycles. The van der Waals surface area contributed by atoms with Crippen LogP contribution in [0.2, 0.25) is 0 Å².